The molecule has 0 spiro atoms. The van der Waals surface area contributed by atoms with Crippen LogP contribution in [0, 0.1) is 5.82 Å². The maximum Gasteiger partial charge on any atom is 0.360 e. The van der Waals surface area contributed by atoms with Gasteiger partial charge in [0.1, 0.15) is 0 Å². The number of hydrogen-bond donors (Lipinski definition) is 2. The van der Waals surface area contributed by atoms with Gasteiger partial charge < -0.3 is 5.11 Å². The summed E-state index contributed by atoms with van der Waals surface area (Å²) in [6.07, 6.45) is -0.267. The Labute approximate surface area is 108 Å². The molecule has 0 fully saturated rings. The Bertz CT molecular complexity index is 575. The van der Waals surface area contributed by atoms with E-state index in [1.807, 2.05) is 0 Å². The van der Waals surface area contributed by atoms with Crippen molar-refractivity contribution in [2.45, 2.75) is 6.42 Å². The second-order valence-electron chi connectivity index (χ2n) is 3.54. The van der Waals surface area contributed by atoms with Crippen molar-refractivity contribution in [2.75, 3.05) is 17.5 Å². The van der Waals surface area contributed by atoms with Crippen molar-refractivity contribution in [1.29, 1.82) is 0 Å². The van der Waals surface area contributed by atoms with Crippen molar-refractivity contribution >= 4 is 22.0 Å². The summed E-state index contributed by atoms with van der Waals surface area (Å²) < 4.78 is 57.3. The van der Waals surface area contributed by atoms with Crippen LogP contribution < -0.4 is 4.31 Å². The molecule has 0 bridgehead atoms. The maximum absolute atomic E-state index is 13.8. The zero-order valence-electron chi connectivity index (χ0n) is 9.58. The third-order valence-corrected chi connectivity index (χ3v) is 3.19. The molecule has 19 heavy (non-hydrogen) atoms. The standard InChI is InChI=1S/C10H11F2NO5S/c11-5-2-6-13(19(16,17)18)8-4-1-3-7(9(8)12)10(14)15/h1,3-4H,2,5-6H2,(H,14,15)(H,16,17,18). The highest BCUT2D eigenvalue weighted by Crippen LogP contribution is 2.24. The first-order chi connectivity index (χ1) is 8.79. The van der Waals surface area contributed by atoms with Crippen LogP contribution in [0.1, 0.15) is 16.8 Å². The molecule has 0 atom stereocenters. The molecule has 2 N–H and O–H groups in total. The third kappa shape index (κ3) is 3.61. The average Bonchev–Trinajstić information content (AvgIpc) is 2.29. The number of carbonyl (C=O) groups is 1. The van der Waals surface area contributed by atoms with Crippen molar-refractivity contribution < 1.29 is 31.7 Å². The van der Waals surface area contributed by atoms with Gasteiger partial charge in [-0.25, -0.2) is 13.5 Å². The average molecular weight is 295 g/mol. The summed E-state index contributed by atoms with van der Waals surface area (Å²) in [5.41, 5.74) is -1.39. The van der Waals surface area contributed by atoms with Crippen molar-refractivity contribution in [3.05, 3.63) is 29.6 Å². The van der Waals surface area contributed by atoms with E-state index in [0.29, 0.717) is 0 Å². The lowest BCUT2D eigenvalue weighted by molar-refractivity contribution is 0.0692. The van der Waals surface area contributed by atoms with Crippen molar-refractivity contribution in [1.82, 2.24) is 0 Å². The van der Waals surface area contributed by atoms with E-state index in [-0.39, 0.29) is 10.7 Å². The summed E-state index contributed by atoms with van der Waals surface area (Å²) in [7, 11) is -4.82. The number of carboxylic acids is 1. The van der Waals surface area contributed by atoms with E-state index in [9.17, 15) is 22.0 Å². The molecule has 106 valence electrons. The van der Waals surface area contributed by atoms with Crippen molar-refractivity contribution in [3.63, 3.8) is 0 Å². The van der Waals surface area contributed by atoms with Crippen LogP contribution in [0.5, 0.6) is 0 Å². The van der Waals surface area contributed by atoms with Gasteiger partial charge in [-0.3, -0.25) is 8.94 Å². The van der Waals surface area contributed by atoms with Gasteiger partial charge in [-0.2, -0.15) is 8.42 Å². The Hall–Kier alpha value is -1.74. The molecule has 0 heterocycles. The van der Waals surface area contributed by atoms with Gasteiger partial charge in [0.2, 0.25) is 0 Å². The van der Waals surface area contributed by atoms with Crippen molar-refractivity contribution in [3.8, 4) is 0 Å². The second-order valence-corrected chi connectivity index (χ2v) is 4.87. The van der Waals surface area contributed by atoms with E-state index < -0.39 is 46.6 Å². The molecule has 0 aromatic heterocycles. The summed E-state index contributed by atoms with van der Waals surface area (Å²) in [5.74, 6) is -2.90. The lowest BCUT2D eigenvalue weighted by Gasteiger charge is -2.21. The van der Waals surface area contributed by atoms with Gasteiger partial charge in [0.15, 0.2) is 5.82 Å². The zero-order chi connectivity index (χ0) is 14.6. The lowest BCUT2D eigenvalue weighted by Crippen LogP contribution is -2.32. The molecule has 1 aromatic rings. The van der Waals surface area contributed by atoms with Gasteiger partial charge in [-0.05, 0) is 18.6 Å². The molecule has 1 aromatic carbocycles. The monoisotopic (exact) mass is 295 g/mol. The highest BCUT2D eigenvalue weighted by atomic mass is 32.2. The van der Waals surface area contributed by atoms with E-state index in [2.05, 4.69) is 0 Å². The summed E-state index contributed by atoms with van der Waals surface area (Å²) >= 11 is 0. The smallest absolute Gasteiger partial charge is 0.360 e. The van der Waals surface area contributed by atoms with E-state index in [0.717, 1.165) is 18.2 Å². The topological polar surface area (TPSA) is 94.9 Å². The SMILES string of the molecule is O=C(O)c1cccc(N(CCCF)S(=O)(=O)O)c1F. The molecule has 0 aliphatic heterocycles. The van der Waals surface area contributed by atoms with Crippen LogP contribution in [0.25, 0.3) is 0 Å². The van der Waals surface area contributed by atoms with Crippen LogP contribution in [0.15, 0.2) is 18.2 Å². The predicted octanol–water partition coefficient (Wildman–Crippen LogP) is 1.49. The first-order valence-electron chi connectivity index (χ1n) is 5.12. The Kier molecular flexibility index (Phi) is 4.78. The van der Waals surface area contributed by atoms with Gasteiger partial charge in [0.05, 0.1) is 17.9 Å². The van der Waals surface area contributed by atoms with Crippen LogP contribution in [-0.4, -0.2) is 37.3 Å². The number of halogens is 2. The number of nitrogens with zero attached hydrogens (tertiary/aromatic N) is 1. The molecule has 0 unspecified atom stereocenters. The van der Waals surface area contributed by atoms with Crippen LogP contribution >= 0.6 is 0 Å². The van der Waals surface area contributed by atoms with Gasteiger partial charge in [0.25, 0.3) is 0 Å². The van der Waals surface area contributed by atoms with Crippen LogP contribution in [0.3, 0.4) is 0 Å². The zero-order valence-corrected chi connectivity index (χ0v) is 10.4. The molecule has 0 radical (unpaired) electrons. The molecule has 0 amide bonds. The fourth-order valence-corrected chi connectivity index (χ4v) is 2.19. The quantitative estimate of drug-likeness (QED) is 0.775. The molecule has 0 saturated carbocycles. The predicted molar refractivity (Wildman–Crippen MR) is 62.8 cm³/mol. The number of carboxylic acid groups (broad SMARTS) is 1. The molecular formula is C10H11F2NO5S. The molecule has 0 aliphatic carbocycles. The molecule has 1 rings (SSSR count). The van der Waals surface area contributed by atoms with Gasteiger partial charge in [-0.1, -0.05) is 6.07 Å². The number of aromatic carboxylic acids is 1. The summed E-state index contributed by atoms with van der Waals surface area (Å²) in [5, 5.41) is 8.72. The number of hydrogen-bond acceptors (Lipinski definition) is 3. The van der Waals surface area contributed by atoms with Gasteiger partial charge >= 0.3 is 16.3 Å². The van der Waals surface area contributed by atoms with E-state index in [1.165, 1.54) is 0 Å². The highest BCUT2D eigenvalue weighted by Gasteiger charge is 2.25. The number of alkyl halides is 1. The molecule has 9 heteroatoms. The first kappa shape index (κ1) is 15.3. The van der Waals surface area contributed by atoms with Gasteiger partial charge in [-0.15, -0.1) is 0 Å². The molecular weight excluding hydrogens is 284 g/mol. The minimum Gasteiger partial charge on any atom is -0.478 e. The Morgan fingerprint density at radius 3 is 2.47 bits per heavy atom. The highest BCUT2D eigenvalue weighted by molar-refractivity contribution is 7.87. The van der Waals surface area contributed by atoms with E-state index in [1.54, 1.807) is 0 Å². The molecule has 6 nitrogen and oxygen atoms in total. The first-order valence-corrected chi connectivity index (χ1v) is 6.51. The Balaban J connectivity index is 3.31. The number of rotatable bonds is 6. The van der Waals surface area contributed by atoms with Crippen LogP contribution in [0.4, 0.5) is 14.5 Å². The number of benzene rings is 1. The number of anilines is 1. The molecule has 0 saturated heterocycles. The Morgan fingerprint density at radius 1 is 1.37 bits per heavy atom. The Morgan fingerprint density at radius 2 is 2.00 bits per heavy atom. The minimum atomic E-state index is -4.82. The van der Waals surface area contributed by atoms with E-state index >= 15 is 0 Å². The summed E-state index contributed by atoms with van der Waals surface area (Å²) in [6.45, 7) is -1.37. The third-order valence-electron chi connectivity index (χ3n) is 2.25. The normalized spacial score (nSPS) is 11.3. The maximum atomic E-state index is 13.8. The molecule has 0 aliphatic rings. The summed E-state index contributed by atoms with van der Waals surface area (Å²) in [6, 6.07) is 3.04. The lowest BCUT2D eigenvalue weighted by atomic mass is 10.2. The fourth-order valence-electron chi connectivity index (χ4n) is 1.44. The van der Waals surface area contributed by atoms with Crippen LogP contribution in [0.2, 0.25) is 0 Å². The van der Waals surface area contributed by atoms with E-state index in [4.69, 9.17) is 9.66 Å². The van der Waals surface area contributed by atoms with Crippen LogP contribution in [-0.2, 0) is 10.3 Å². The van der Waals surface area contributed by atoms with Gasteiger partial charge in [0, 0.05) is 6.54 Å². The summed E-state index contributed by atoms with van der Waals surface area (Å²) in [4.78, 5) is 10.7. The minimum absolute atomic E-state index is 0.217. The fraction of sp³-hybridized carbons (Fsp3) is 0.300. The second kappa shape index (κ2) is 5.93. The van der Waals surface area contributed by atoms with Crippen molar-refractivity contribution in [2.24, 2.45) is 0 Å². The largest absolute Gasteiger partial charge is 0.478 e.